The molecule has 0 radical (unpaired) electrons. The molecule has 2 N–H and O–H groups in total. The lowest BCUT2D eigenvalue weighted by atomic mass is 9.91. The molecule has 1 unspecified atom stereocenters. The van der Waals surface area contributed by atoms with Crippen molar-refractivity contribution in [2.45, 2.75) is 31.5 Å². The molecule has 1 spiro atoms. The number of alkyl halides is 3. The van der Waals surface area contributed by atoms with Crippen LogP contribution in [-0.2, 0) is 9.53 Å². The topological polar surface area (TPSA) is 61.8 Å². The van der Waals surface area contributed by atoms with Crippen LogP contribution >= 0.6 is 0 Å². The van der Waals surface area contributed by atoms with Gasteiger partial charge in [0.1, 0.15) is 0 Å². The monoisotopic (exact) mass is 360 g/mol. The van der Waals surface area contributed by atoms with Gasteiger partial charge >= 0.3 is 12.1 Å². The lowest BCUT2D eigenvalue weighted by molar-refractivity contribution is -0.192. The van der Waals surface area contributed by atoms with E-state index in [0.29, 0.717) is 0 Å². The zero-order valence-corrected chi connectivity index (χ0v) is 14.1. The number of carbonyl (C=O) groups is 1. The number of aliphatic carboxylic acids is 1. The molecular formula is C17H23F3N2O3. The molecule has 0 saturated carbocycles. The maximum absolute atomic E-state index is 10.6. The Kier molecular flexibility index (Phi) is 6.29. The highest BCUT2D eigenvalue weighted by molar-refractivity contribution is 5.73. The molecule has 0 aliphatic carbocycles. The van der Waals surface area contributed by atoms with Crippen molar-refractivity contribution in [3.05, 3.63) is 29.8 Å². The third kappa shape index (κ3) is 5.61. The van der Waals surface area contributed by atoms with Gasteiger partial charge in [-0.25, -0.2) is 4.79 Å². The second-order valence-electron chi connectivity index (χ2n) is 6.38. The molecule has 0 bridgehead atoms. The van der Waals surface area contributed by atoms with Gasteiger partial charge in [0.15, 0.2) is 0 Å². The predicted molar refractivity (Wildman–Crippen MR) is 87.9 cm³/mol. The van der Waals surface area contributed by atoms with Crippen LogP contribution in [-0.4, -0.2) is 55.6 Å². The fourth-order valence-electron chi connectivity index (χ4n) is 3.11. The zero-order valence-electron chi connectivity index (χ0n) is 14.1. The summed E-state index contributed by atoms with van der Waals surface area (Å²) >= 11 is 0. The molecule has 1 atom stereocenters. The van der Waals surface area contributed by atoms with Crippen molar-refractivity contribution in [3.63, 3.8) is 0 Å². The van der Waals surface area contributed by atoms with Crippen molar-refractivity contribution in [1.29, 1.82) is 0 Å². The summed E-state index contributed by atoms with van der Waals surface area (Å²) < 4.78 is 37.8. The fourth-order valence-corrected chi connectivity index (χ4v) is 3.11. The molecule has 0 aromatic heterocycles. The van der Waals surface area contributed by atoms with Gasteiger partial charge in [-0.1, -0.05) is 12.1 Å². The standard InChI is InChI=1S/C15H22N2O.C2HF3O2/c1-13-4-2-5-14(10-13)17-8-3-6-15(12-17)11-16-7-9-18-15;3-2(4,5)1(6)7/h2,4-5,10,16H,3,6-9,11-12H2,1H3;(H,6,7). The van der Waals surface area contributed by atoms with E-state index in [1.807, 2.05) is 0 Å². The molecule has 25 heavy (non-hydrogen) atoms. The molecule has 2 aliphatic rings. The number of hydrogen-bond donors (Lipinski definition) is 2. The average molecular weight is 360 g/mol. The Hall–Kier alpha value is -1.80. The van der Waals surface area contributed by atoms with Crippen LogP contribution in [0.1, 0.15) is 18.4 Å². The molecule has 2 aliphatic heterocycles. The van der Waals surface area contributed by atoms with E-state index < -0.39 is 12.1 Å². The van der Waals surface area contributed by atoms with Crippen LogP contribution in [0.5, 0.6) is 0 Å². The van der Waals surface area contributed by atoms with Crippen LogP contribution in [0, 0.1) is 6.92 Å². The normalized spacial score (nSPS) is 23.8. The number of anilines is 1. The van der Waals surface area contributed by atoms with E-state index in [0.717, 1.165) is 32.8 Å². The lowest BCUT2D eigenvalue weighted by Crippen LogP contribution is -2.58. The van der Waals surface area contributed by atoms with E-state index in [-0.39, 0.29) is 5.60 Å². The van der Waals surface area contributed by atoms with Crippen LogP contribution in [0.2, 0.25) is 0 Å². The molecule has 140 valence electrons. The summed E-state index contributed by atoms with van der Waals surface area (Å²) in [5.41, 5.74) is 2.71. The summed E-state index contributed by atoms with van der Waals surface area (Å²) in [5, 5.41) is 10.6. The maximum atomic E-state index is 10.6. The molecule has 2 saturated heterocycles. The molecular weight excluding hydrogens is 337 g/mol. The number of ether oxygens (including phenoxy) is 1. The second-order valence-corrected chi connectivity index (χ2v) is 6.38. The highest BCUT2D eigenvalue weighted by atomic mass is 19.4. The van der Waals surface area contributed by atoms with Gasteiger partial charge in [0.05, 0.1) is 12.2 Å². The van der Waals surface area contributed by atoms with Crippen molar-refractivity contribution in [2.24, 2.45) is 0 Å². The number of halogens is 3. The Morgan fingerprint density at radius 2 is 2.12 bits per heavy atom. The highest BCUT2D eigenvalue weighted by Gasteiger charge is 2.38. The van der Waals surface area contributed by atoms with E-state index in [9.17, 15) is 13.2 Å². The van der Waals surface area contributed by atoms with Gasteiger partial charge in [-0.2, -0.15) is 13.2 Å². The zero-order chi connectivity index (χ0) is 18.5. The van der Waals surface area contributed by atoms with Crippen LogP contribution in [0.15, 0.2) is 24.3 Å². The van der Waals surface area contributed by atoms with E-state index in [1.54, 1.807) is 0 Å². The van der Waals surface area contributed by atoms with Gasteiger partial charge in [0, 0.05) is 31.9 Å². The molecule has 5 nitrogen and oxygen atoms in total. The Bertz CT molecular complexity index is 581. The third-order valence-electron chi connectivity index (χ3n) is 4.28. The molecule has 2 heterocycles. The summed E-state index contributed by atoms with van der Waals surface area (Å²) in [5.74, 6) is -2.76. The number of nitrogens with one attached hydrogen (secondary N) is 1. The summed E-state index contributed by atoms with van der Waals surface area (Å²) in [4.78, 5) is 11.4. The first kappa shape index (κ1) is 19.5. The third-order valence-corrected chi connectivity index (χ3v) is 4.28. The first-order valence-corrected chi connectivity index (χ1v) is 8.18. The number of piperidine rings is 1. The van der Waals surface area contributed by atoms with Crippen LogP contribution in [0.25, 0.3) is 0 Å². The largest absolute Gasteiger partial charge is 0.490 e. The second kappa shape index (κ2) is 8.05. The van der Waals surface area contributed by atoms with Crippen molar-refractivity contribution in [1.82, 2.24) is 5.32 Å². The number of hydrogen-bond acceptors (Lipinski definition) is 4. The van der Waals surface area contributed by atoms with E-state index in [4.69, 9.17) is 14.6 Å². The number of morpholine rings is 1. The number of benzene rings is 1. The predicted octanol–water partition coefficient (Wildman–Crippen LogP) is 2.59. The average Bonchev–Trinajstić information content (AvgIpc) is 2.55. The quantitative estimate of drug-likeness (QED) is 0.806. The van der Waals surface area contributed by atoms with E-state index in [2.05, 4.69) is 41.4 Å². The number of aryl methyl sites for hydroxylation is 1. The van der Waals surface area contributed by atoms with E-state index >= 15 is 0 Å². The summed E-state index contributed by atoms with van der Waals surface area (Å²) in [6.45, 7) is 7.16. The summed E-state index contributed by atoms with van der Waals surface area (Å²) in [7, 11) is 0. The van der Waals surface area contributed by atoms with Crippen molar-refractivity contribution < 1.29 is 27.8 Å². The Morgan fingerprint density at radius 1 is 1.40 bits per heavy atom. The maximum Gasteiger partial charge on any atom is 0.490 e. The minimum atomic E-state index is -5.08. The fraction of sp³-hybridized carbons (Fsp3) is 0.588. The van der Waals surface area contributed by atoms with Crippen LogP contribution < -0.4 is 10.2 Å². The number of carboxylic acids is 1. The van der Waals surface area contributed by atoms with Crippen molar-refractivity contribution in [3.8, 4) is 0 Å². The van der Waals surface area contributed by atoms with Crippen LogP contribution in [0.4, 0.5) is 18.9 Å². The van der Waals surface area contributed by atoms with Gasteiger partial charge in [0.2, 0.25) is 0 Å². The van der Waals surface area contributed by atoms with Gasteiger partial charge < -0.3 is 20.1 Å². The lowest BCUT2D eigenvalue weighted by Gasteiger charge is -2.45. The highest BCUT2D eigenvalue weighted by Crippen LogP contribution is 2.29. The molecule has 0 amide bonds. The summed E-state index contributed by atoms with van der Waals surface area (Å²) in [6.07, 6.45) is -2.68. The van der Waals surface area contributed by atoms with Gasteiger partial charge in [-0.3, -0.25) is 0 Å². The molecule has 8 heteroatoms. The molecule has 1 aromatic carbocycles. The van der Waals surface area contributed by atoms with Gasteiger partial charge in [-0.05, 0) is 37.5 Å². The smallest absolute Gasteiger partial charge is 0.475 e. The Morgan fingerprint density at radius 3 is 2.68 bits per heavy atom. The first-order valence-electron chi connectivity index (χ1n) is 8.18. The minimum absolute atomic E-state index is 0.0419. The SMILES string of the molecule is Cc1cccc(N2CCCC3(CNCCO3)C2)c1.O=C(O)C(F)(F)F. The van der Waals surface area contributed by atoms with E-state index in [1.165, 1.54) is 24.1 Å². The number of rotatable bonds is 1. The summed E-state index contributed by atoms with van der Waals surface area (Å²) in [6, 6.07) is 8.78. The molecule has 3 rings (SSSR count). The minimum Gasteiger partial charge on any atom is -0.475 e. The number of nitrogens with zero attached hydrogens (tertiary/aromatic N) is 1. The van der Waals surface area contributed by atoms with Crippen molar-refractivity contribution >= 4 is 11.7 Å². The molecule has 2 fully saturated rings. The number of carboxylic acid groups (broad SMARTS) is 1. The Balaban J connectivity index is 0.000000277. The van der Waals surface area contributed by atoms with Crippen LogP contribution in [0.3, 0.4) is 0 Å². The van der Waals surface area contributed by atoms with Gasteiger partial charge in [0.25, 0.3) is 0 Å². The molecule has 1 aromatic rings. The van der Waals surface area contributed by atoms with Crippen molar-refractivity contribution in [2.75, 3.05) is 37.7 Å². The Labute approximate surface area is 144 Å². The first-order chi connectivity index (χ1) is 11.7. The van der Waals surface area contributed by atoms with Gasteiger partial charge in [-0.15, -0.1) is 0 Å².